The van der Waals surface area contributed by atoms with E-state index in [0.29, 0.717) is 11.5 Å². The lowest BCUT2D eigenvalue weighted by Crippen LogP contribution is -2.46. The van der Waals surface area contributed by atoms with Gasteiger partial charge in [-0.3, -0.25) is 4.79 Å². The van der Waals surface area contributed by atoms with Crippen LogP contribution in [-0.4, -0.2) is 68.0 Å². The Hall–Kier alpha value is -5.14. The standard InChI is InChI=1S/C30H33N3O10/c34-26(39-20-18-31-28(36)41-22-10-4-1-5-11-22)17-16-25(33-30(38)43-24-14-8-3-9-15-24)27(35)40-21-19-32-29(37)42-23-12-6-2-7-13-23/h1-15,25,27,35H,16-21H2,(H,31,36)(H,32,37)(H,33,38). The second-order valence-corrected chi connectivity index (χ2v) is 8.73. The minimum Gasteiger partial charge on any atom is -0.464 e. The Morgan fingerprint density at radius 2 is 1.07 bits per heavy atom. The topological polar surface area (TPSA) is 171 Å². The zero-order valence-electron chi connectivity index (χ0n) is 23.2. The number of nitrogens with one attached hydrogen (secondary N) is 3. The summed E-state index contributed by atoms with van der Waals surface area (Å²) in [4.78, 5) is 48.4. The van der Waals surface area contributed by atoms with Crippen molar-refractivity contribution >= 4 is 24.2 Å². The number of ether oxygens (including phenoxy) is 5. The average molecular weight is 596 g/mol. The monoisotopic (exact) mass is 595 g/mol. The van der Waals surface area contributed by atoms with Crippen molar-refractivity contribution in [3.63, 3.8) is 0 Å². The molecule has 3 aromatic rings. The summed E-state index contributed by atoms with van der Waals surface area (Å²) in [6.07, 6.45) is -4.12. The molecular weight excluding hydrogens is 562 g/mol. The molecule has 13 heteroatoms. The summed E-state index contributed by atoms with van der Waals surface area (Å²) < 4.78 is 25.8. The van der Waals surface area contributed by atoms with Crippen molar-refractivity contribution in [2.45, 2.75) is 25.2 Å². The van der Waals surface area contributed by atoms with Gasteiger partial charge in [-0.25, -0.2) is 14.4 Å². The van der Waals surface area contributed by atoms with Crippen LogP contribution in [0.2, 0.25) is 0 Å². The van der Waals surface area contributed by atoms with Crippen LogP contribution in [0.25, 0.3) is 0 Å². The highest BCUT2D eigenvalue weighted by Gasteiger charge is 2.24. The molecule has 3 amide bonds. The predicted molar refractivity (Wildman–Crippen MR) is 152 cm³/mol. The first-order valence-electron chi connectivity index (χ1n) is 13.4. The Kier molecular flexibility index (Phi) is 13.8. The number of benzene rings is 3. The highest BCUT2D eigenvalue weighted by Crippen LogP contribution is 2.12. The van der Waals surface area contributed by atoms with Crippen LogP contribution in [0.3, 0.4) is 0 Å². The van der Waals surface area contributed by atoms with Gasteiger partial charge in [0.2, 0.25) is 0 Å². The van der Waals surface area contributed by atoms with Gasteiger partial charge >= 0.3 is 24.2 Å². The number of hydrogen-bond acceptors (Lipinski definition) is 10. The maximum atomic E-state index is 12.4. The number of carbonyl (C=O) groups excluding carboxylic acids is 4. The quantitative estimate of drug-likeness (QED) is 0.116. The minimum atomic E-state index is -1.56. The van der Waals surface area contributed by atoms with Crippen LogP contribution in [0.15, 0.2) is 91.0 Å². The molecule has 13 nitrogen and oxygen atoms in total. The number of aliphatic hydroxyl groups excluding tert-OH is 1. The summed E-state index contributed by atoms with van der Waals surface area (Å²) >= 11 is 0. The Morgan fingerprint density at radius 3 is 1.56 bits per heavy atom. The molecule has 3 aromatic carbocycles. The van der Waals surface area contributed by atoms with Gasteiger partial charge in [0.1, 0.15) is 23.9 Å². The molecule has 0 fully saturated rings. The number of para-hydroxylation sites is 3. The lowest BCUT2D eigenvalue weighted by molar-refractivity contribution is -0.145. The summed E-state index contributed by atoms with van der Waals surface area (Å²) in [5.41, 5.74) is 0. The molecule has 0 radical (unpaired) electrons. The molecule has 2 atom stereocenters. The molecule has 0 saturated carbocycles. The molecule has 0 aliphatic carbocycles. The predicted octanol–water partition coefficient (Wildman–Crippen LogP) is 3.38. The molecule has 0 spiro atoms. The Bertz CT molecular complexity index is 1280. The maximum absolute atomic E-state index is 12.4. The van der Waals surface area contributed by atoms with Gasteiger partial charge in [0.25, 0.3) is 0 Å². The van der Waals surface area contributed by atoms with Crippen LogP contribution in [-0.2, 0) is 14.3 Å². The van der Waals surface area contributed by atoms with E-state index in [1.165, 1.54) is 0 Å². The van der Waals surface area contributed by atoms with E-state index in [4.69, 9.17) is 23.7 Å². The van der Waals surface area contributed by atoms with E-state index < -0.39 is 36.6 Å². The molecule has 0 bridgehead atoms. The molecule has 228 valence electrons. The van der Waals surface area contributed by atoms with Crippen molar-refractivity contribution < 1.29 is 48.0 Å². The van der Waals surface area contributed by atoms with Crippen molar-refractivity contribution in [1.29, 1.82) is 0 Å². The molecule has 3 rings (SSSR count). The molecular formula is C30H33N3O10. The van der Waals surface area contributed by atoms with Crippen LogP contribution in [0, 0.1) is 0 Å². The number of amides is 3. The van der Waals surface area contributed by atoms with Crippen molar-refractivity contribution in [1.82, 2.24) is 16.0 Å². The molecule has 4 N–H and O–H groups in total. The fraction of sp³-hybridized carbons (Fsp3) is 0.267. The third-order valence-electron chi connectivity index (χ3n) is 5.46. The molecule has 0 aromatic heterocycles. The van der Waals surface area contributed by atoms with Crippen LogP contribution in [0.1, 0.15) is 12.8 Å². The molecule has 0 heterocycles. The van der Waals surface area contributed by atoms with E-state index in [-0.39, 0.29) is 44.9 Å². The number of carbonyl (C=O) groups is 4. The largest absolute Gasteiger partial charge is 0.464 e. The number of aliphatic hydroxyl groups is 1. The molecule has 0 aliphatic heterocycles. The zero-order chi connectivity index (χ0) is 30.7. The normalized spacial score (nSPS) is 11.7. The first-order chi connectivity index (χ1) is 20.9. The van der Waals surface area contributed by atoms with Gasteiger partial charge in [-0.1, -0.05) is 54.6 Å². The van der Waals surface area contributed by atoms with Crippen LogP contribution < -0.4 is 30.2 Å². The Balaban J connectivity index is 1.41. The fourth-order valence-corrected chi connectivity index (χ4v) is 3.44. The lowest BCUT2D eigenvalue weighted by Gasteiger charge is -2.24. The average Bonchev–Trinajstić information content (AvgIpc) is 3.01. The van der Waals surface area contributed by atoms with Gasteiger partial charge in [0, 0.05) is 13.0 Å². The van der Waals surface area contributed by atoms with Crippen molar-refractivity contribution in [3.8, 4) is 17.2 Å². The highest BCUT2D eigenvalue weighted by atomic mass is 16.6. The van der Waals surface area contributed by atoms with E-state index in [0.717, 1.165) is 0 Å². The highest BCUT2D eigenvalue weighted by molar-refractivity contribution is 5.72. The molecule has 43 heavy (non-hydrogen) atoms. The zero-order valence-corrected chi connectivity index (χ0v) is 23.2. The first kappa shape index (κ1) is 32.4. The van der Waals surface area contributed by atoms with E-state index in [9.17, 15) is 24.3 Å². The Morgan fingerprint density at radius 1 is 0.628 bits per heavy atom. The van der Waals surface area contributed by atoms with Crippen molar-refractivity contribution in [3.05, 3.63) is 91.0 Å². The molecule has 2 unspecified atom stereocenters. The molecule has 0 aliphatic rings. The number of rotatable bonds is 15. The summed E-state index contributed by atoms with van der Waals surface area (Å²) in [5.74, 6) is 0.355. The van der Waals surface area contributed by atoms with Gasteiger partial charge in [-0.15, -0.1) is 0 Å². The summed E-state index contributed by atoms with van der Waals surface area (Å²) in [7, 11) is 0. The second kappa shape index (κ2) is 18.3. The third-order valence-corrected chi connectivity index (χ3v) is 5.46. The smallest absolute Gasteiger partial charge is 0.412 e. The summed E-state index contributed by atoms with van der Waals surface area (Å²) in [6, 6.07) is 24.1. The van der Waals surface area contributed by atoms with Gasteiger partial charge in [-0.2, -0.15) is 0 Å². The third kappa shape index (κ3) is 13.4. The fourth-order valence-electron chi connectivity index (χ4n) is 3.44. The summed E-state index contributed by atoms with van der Waals surface area (Å²) in [6.45, 7) is -0.258. The lowest BCUT2D eigenvalue weighted by atomic mass is 10.1. The summed E-state index contributed by atoms with van der Waals surface area (Å²) in [5, 5.41) is 18.0. The van der Waals surface area contributed by atoms with Crippen LogP contribution in [0.4, 0.5) is 14.4 Å². The van der Waals surface area contributed by atoms with Crippen molar-refractivity contribution in [2.24, 2.45) is 0 Å². The number of hydrogen-bond donors (Lipinski definition) is 4. The first-order valence-corrected chi connectivity index (χ1v) is 13.4. The van der Waals surface area contributed by atoms with E-state index >= 15 is 0 Å². The Labute approximate surface area is 248 Å². The number of esters is 1. The van der Waals surface area contributed by atoms with Gasteiger partial charge in [0.15, 0.2) is 6.29 Å². The molecule has 0 saturated heterocycles. The van der Waals surface area contributed by atoms with E-state index in [1.807, 2.05) is 0 Å². The van der Waals surface area contributed by atoms with Gasteiger partial charge in [-0.05, 0) is 42.8 Å². The second-order valence-electron chi connectivity index (χ2n) is 8.73. The van der Waals surface area contributed by atoms with E-state index in [2.05, 4.69) is 16.0 Å². The SMILES string of the molecule is O=C(CCC(NC(=O)Oc1ccccc1)C(O)OCCNC(=O)Oc1ccccc1)OCCNC(=O)Oc1ccccc1. The van der Waals surface area contributed by atoms with Crippen molar-refractivity contribution in [2.75, 3.05) is 26.3 Å². The minimum absolute atomic E-state index is 0.00787. The van der Waals surface area contributed by atoms with Crippen LogP contribution in [0.5, 0.6) is 17.2 Å². The van der Waals surface area contributed by atoms with Gasteiger partial charge in [0.05, 0.1) is 19.2 Å². The van der Waals surface area contributed by atoms with Crippen LogP contribution >= 0.6 is 0 Å². The van der Waals surface area contributed by atoms with Gasteiger partial charge < -0.3 is 44.7 Å². The maximum Gasteiger partial charge on any atom is 0.412 e. The van der Waals surface area contributed by atoms with E-state index in [1.54, 1.807) is 91.0 Å².